The number of benzene rings is 2. The van der Waals surface area contributed by atoms with E-state index in [0.717, 1.165) is 5.56 Å². The molecular weight excluding hydrogens is 394 g/mol. The molecule has 148 valence electrons. The Morgan fingerprint density at radius 3 is 2.21 bits per heavy atom. The molecule has 2 aromatic carbocycles. The minimum atomic E-state index is -0.459. The molecule has 0 aliphatic rings. The van der Waals surface area contributed by atoms with Gasteiger partial charge in [-0.25, -0.2) is 9.97 Å². The Hall–Kier alpha value is -3.85. The molecule has 1 aromatic heterocycles. The van der Waals surface area contributed by atoms with Gasteiger partial charge in [-0.2, -0.15) is 0 Å². The van der Waals surface area contributed by atoms with Crippen LogP contribution in [0.5, 0.6) is 0 Å². The highest BCUT2D eigenvalue weighted by atomic mass is 35.5. The lowest BCUT2D eigenvalue weighted by Crippen LogP contribution is -2.33. The van der Waals surface area contributed by atoms with Crippen molar-refractivity contribution in [2.45, 2.75) is 6.42 Å². The molecule has 6 N–H and O–H groups in total. The van der Waals surface area contributed by atoms with Crippen molar-refractivity contribution in [3.05, 3.63) is 77.1 Å². The van der Waals surface area contributed by atoms with Gasteiger partial charge < -0.3 is 5.73 Å². The van der Waals surface area contributed by atoms with Crippen molar-refractivity contribution in [1.82, 2.24) is 20.8 Å². The first kappa shape index (κ1) is 19.9. The Labute approximate surface area is 171 Å². The standard InChI is InChI=1S/C19H18ClN7O2/c20-14-9-5-4-8-13(14)19(29)27-26-18-16(21)17(22-11-23-18)25-24-15(28)10-12-6-2-1-3-7-12/h1-9,11H,10,21H2,(H,24,28)(H,27,29)(H2,22,23,25,26). The summed E-state index contributed by atoms with van der Waals surface area (Å²) in [4.78, 5) is 32.2. The maximum Gasteiger partial charge on any atom is 0.271 e. The average Bonchev–Trinajstić information content (AvgIpc) is 2.73. The summed E-state index contributed by atoms with van der Waals surface area (Å²) in [6.07, 6.45) is 1.42. The normalized spacial score (nSPS) is 10.1. The van der Waals surface area contributed by atoms with Gasteiger partial charge in [-0.3, -0.25) is 31.3 Å². The second kappa shape index (κ2) is 9.38. The zero-order valence-electron chi connectivity index (χ0n) is 15.1. The summed E-state index contributed by atoms with van der Waals surface area (Å²) in [6, 6.07) is 15.9. The molecule has 0 aliphatic carbocycles. The summed E-state index contributed by atoms with van der Waals surface area (Å²) in [6.45, 7) is 0. The number of rotatable bonds is 7. The van der Waals surface area contributed by atoms with Crippen molar-refractivity contribution >= 4 is 40.7 Å². The largest absolute Gasteiger partial charge is 0.393 e. The van der Waals surface area contributed by atoms with Gasteiger partial charge in [-0.15, -0.1) is 0 Å². The van der Waals surface area contributed by atoms with Crippen LogP contribution in [0, 0.1) is 0 Å². The third-order valence-corrected chi connectivity index (χ3v) is 4.15. The molecule has 29 heavy (non-hydrogen) atoms. The average molecular weight is 412 g/mol. The third-order valence-electron chi connectivity index (χ3n) is 3.82. The fourth-order valence-electron chi connectivity index (χ4n) is 2.38. The Morgan fingerprint density at radius 1 is 0.897 bits per heavy atom. The molecule has 3 rings (SSSR count). The van der Waals surface area contributed by atoms with Crippen molar-refractivity contribution in [1.29, 1.82) is 0 Å². The van der Waals surface area contributed by atoms with E-state index in [1.807, 2.05) is 30.3 Å². The summed E-state index contributed by atoms with van der Waals surface area (Å²) in [7, 11) is 0. The van der Waals surface area contributed by atoms with Crippen LogP contribution in [-0.2, 0) is 11.2 Å². The zero-order chi connectivity index (χ0) is 20.6. The fourth-order valence-corrected chi connectivity index (χ4v) is 2.60. The molecule has 2 amide bonds. The lowest BCUT2D eigenvalue weighted by molar-refractivity contribution is -0.119. The molecular formula is C19H18ClN7O2. The number of carbonyl (C=O) groups excluding carboxylic acids is 2. The first-order valence-corrected chi connectivity index (χ1v) is 8.92. The molecule has 10 heteroatoms. The van der Waals surface area contributed by atoms with Gasteiger partial charge in [-0.05, 0) is 17.7 Å². The number of nitrogens with two attached hydrogens (primary N) is 1. The first-order valence-electron chi connectivity index (χ1n) is 8.54. The second-order valence-corrected chi connectivity index (χ2v) is 6.29. The number of amides is 2. The van der Waals surface area contributed by atoms with Crippen LogP contribution in [0.3, 0.4) is 0 Å². The van der Waals surface area contributed by atoms with Crippen molar-refractivity contribution in [2.75, 3.05) is 16.6 Å². The minimum Gasteiger partial charge on any atom is -0.393 e. The molecule has 0 fully saturated rings. The Morgan fingerprint density at radius 2 is 1.52 bits per heavy atom. The summed E-state index contributed by atoms with van der Waals surface area (Å²) in [5.41, 5.74) is 17.5. The van der Waals surface area contributed by atoms with Gasteiger partial charge in [-0.1, -0.05) is 54.1 Å². The van der Waals surface area contributed by atoms with Crippen molar-refractivity contribution < 1.29 is 9.59 Å². The summed E-state index contributed by atoms with van der Waals surface area (Å²) in [5.74, 6) is -0.397. The number of anilines is 3. The maximum atomic E-state index is 12.2. The van der Waals surface area contributed by atoms with E-state index < -0.39 is 5.91 Å². The molecule has 0 atom stereocenters. The monoisotopic (exact) mass is 411 g/mol. The summed E-state index contributed by atoms with van der Waals surface area (Å²) >= 11 is 6.00. The summed E-state index contributed by atoms with van der Waals surface area (Å²) in [5, 5.41) is 0.311. The number of hydrogen-bond donors (Lipinski definition) is 5. The van der Waals surface area contributed by atoms with E-state index in [2.05, 4.69) is 31.7 Å². The number of halogens is 1. The van der Waals surface area contributed by atoms with E-state index in [0.29, 0.717) is 10.6 Å². The number of nitrogens with zero attached hydrogens (tertiary/aromatic N) is 2. The molecule has 0 bridgehead atoms. The van der Waals surface area contributed by atoms with E-state index >= 15 is 0 Å². The van der Waals surface area contributed by atoms with Gasteiger partial charge in [0.2, 0.25) is 5.91 Å². The SMILES string of the molecule is Nc1c(NNC(=O)Cc2ccccc2)ncnc1NNC(=O)c1ccccc1Cl. The molecule has 0 saturated heterocycles. The van der Waals surface area contributed by atoms with Gasteiger partial charge in [0, 0.05) is 0 Å². The molecule has 1 heterocycles. The number of hydrogen-bond acceptors (Lipinski definition) is 7. The van der Waals surface area contributed by atoms with E-state index in [-0.39, 0.29) is 29.7 Å². The smallest absolute Gasteiger partial charge is 0.271 e. The van der Waals surface area contributed by atoms with Crippen molar-refractivity contribution in [3.63, 3.8) is 0 Å². The Balaban J connectivity index is 1.58. The first-order chi connectivity index (χ1) is 14.0. The molecule has 9 nitrogen and oxygen atoms in total. The number of hydrazine groups is 2. The lowest BCUT2D eigenvalue weighted by atomic mass is 10.1. The predicted molar refractivity (Wildman–Crippen MR) is 111 cm³/mol. The molecule has 3 aromatic rings. The van der Waals surface area contributed by atoms with Gasteiger partial charge in [0.25, 0.3) is 5.91 Å². The number of nitrogen functional groups attached to an aromatic ring is 1. The second-order valence-electron chi connectivity index (χ2n) is 5.88. The topological polar surface area (TPSA) is 134 Å². The van der Waals surface area contributed by atoms with Crippen LogP contribution in [0.4, 0.5) is 17.3 Å². The molecule has 0 spiro atoms. The molecule has 0 aliphatic heterocycles. The van der Waals surface area contributed by atoms with Gasteiger partial charge in [0.1, 0.15) is 12.0 Å². The Bertz CT molecular complexity index is 1010. The van der Waals surface area contributed by atoms with Crippen molar-refractivity contribution in [2.24, 2.45) is 0 Å². The van der Waals surface area contributed by atoms with Gasteiger partial charge in [0.15, 0.2) is 11.6 Å². The van der Waals surface area contributed by atoms with E-state index in [4.69, 9.17) is 17.3 Å². The van der Waals surface area contributed by atoms with E-state index in [1.54, 1.807) is 24.3 Å². The number of aromatic nitrogens is 2. The zero-order valence-corrected chi connectivity index (χ0v) is 15.9. The minimum absolute atomic E-state index is 0.104. The van der Waals surface area contributed by atoms with Crippen LogP contribution in [0.2, 0.25) is 5.02 Å². The maximum absolute atomic E-state index is 12.2. The van der Waals surface area contributed by atoms with Crippen LogP contribution < -0.4 is 27.4 Å². The fraction of sp³-hybridized carbons (Fsp3) is 0.0526. The van der Waals surface area contributed by atoms with Crippen molar-refractivity contribution in [3.8, 4) is 0 Å². The molecule has 0 radical (unpaired) electrons. The summed E-state index contributed by atoms with van der Waals surface area (Å²) < 4.78 is 0. The predicted octanol–water partition coefficient (Wildman–Crippen LogP) is 2.15. The Kier molecular flexibility index (Phi) is 6.43. The van der Waals surface area contributed by atoms with Crippen LogP contribution in [-0.4, -0.2) is 21.8 Å². The lowest BCUT2D eigenvalue weighted by Gasteiger charge is -2.14. The highest BCUT2D eigenvalue weighted by molar-refractivity contribution is 6.33. The number of nitrogens with one attached hydrogen (secondary N) is 4. The van der Waals surface area contributed by atoms with Crippen LogP contribution in [0.1, 0.15) is 15.9 Å². The molecule has 0 saturated carbocycles. The highest BCUT2D eigenvalue weighted by Crippen LogP contribution is 2.21. The number of carbonyl (C=O) groups is 2. The van der Waals surface area contributed by atoms with Crippen LogP contribution >= 0.6 is 11.6 Å². The molecule has 0 unspecified atom stereocenters. The van der Waals surface area contributed by atoms with Gasteiger partial charge >= 0.3 is 0 Å². The van der Waals surface area contributed by atoms with E-state index in [9.17, 15) is 9.59 Å². The highest BCUT2D eigenvalue weighted by Gasteiger charge is 2.12. The third kappa shape index (κ3) is 5.33. The quantitative estimate of drug-likeness (QED) is 0.376. The van der Waals surface area contributed by atoms with Crippen LogP contribution in [0.15, 0.2) is 60.9 Å². The van der Waals surface area contributed by atoms with E-state index in [1.165, 1.54) is 6.33 Å². The van der Waals surface area contributed by atoms with Crippen LogP contribution in [0.25, 0.3) is 0 Å². The van der Waals surface area contributed by atoms with Gasteiger partial charge in [0.05, 0.1) is 17.0 Å².